The number of ether oxygens (including phenoxy) is 2. The smallest absolute Gasteiger partial charge is 0.387 e. The van der Waals surface area contributed by atoms with Gasteiger partial charge in [0.25, 0.3) is 5.91 Å². The van der Waals surface area contributed by atoms with Gasteiger partial charge in [0.15, 0.2) is 11.5 Å². The molecule has 5 nitrogen and oxygen atoms in total. The van der Waals surface area contributed by atoms with Gasteiger partial charge in [-0.1, -0.05) is 0 Å². The predicted octanol–water partition coefficient (Wildman–Crippen LogP) is 3.15. The van der Waals surface area contributed by atoms with Crippen LogP contribution in [0.4, 0.5) is 8.78 Å². The van der Waals surface area contributed by atoms with Crippen LogP contribution in [0.25, 0.3) is 0 Å². The zero-order valence-electron chi connectivity index (χ0n) is 14.9. The highest BCUT2D eigenvalue weighted by atomic mass is 19.3. The van der Waals surface area contributed by atoms with Gasteiger partial charge in [0.05, 0.1) is 7.11 Å². The maximum absolute atomic E-state index is 12.5. The molecule has 1 heterocycles. The van der Waals surface area contributed by atoms with Crippen molar-refractivity contribution < 1.29 is 23.0 Å². The Morgan fingerprint density at radius 3 is 2.76 bits per heavy atom. The molecule has 1 fully saturated rings. The van der Waals surface area contributed by atoms with Crippen molar-refractivity contribution in [2.24, 2.45) is 5.92 Å². The second kappa shape index (κ2) is 8.99. The number of piperidine rings is 1. The van der Waals surface area contributed by atoms with Crippen LogP contribution in [0.3, 0.4) is 0 Å². The van der Waals surface area contributed by atoms with E-state index in [1.165, 1.54) is 25.3 Å². The molecular weight excluding hydrogens is 330 g/mol. The van der Waals surface area contributed by atoms with E-state index >= 15 is 0 Å². The van der Waals surface area contributed by atoms with Crippen LogP contribution in [0, 0.1) is 5.92 Å². The van der Waals surface area contributed by atoms with Gasteiger partial charge >= 0.3 is 6.61 Å². The van der Waals surface area contributed by atoms with Gasteiger partial charge in [-0.05, 0) is 57.4 Å². The molecule has 7 heteroatoms. The molecular formula is C18H26F2N2O3. The summed E-state index contributed by atoms with van der Waals surface area (Å²) in [6, 6.07) is 4.76. The number of amides is 1. The fourth-order valence-corrected chi connectivity index (χ4v) is 3.08. The number of methoxy groups -OCH3 is 1. The van der Waals surface area contributed by atoms with Crippen LogP contribution in [0.2, 0.25) is 0 Å². The number of hydrogen-bond acceptors (Lipinski definition) is 4. The van der Waals surface area contributed by atoms with Crippen LogP contribution in [-0.2, 0) is 0 Å². The van der Waals surface area contributed by atoms with Crippen molar-refractivity contribution in [3.05, 3.63) is 23.8 Å². The third-order valence-corrected chi connectivity index (χ3v) is 4.47. The van der Waals surface area contributed by atoms with Crippen molar-refractivity contribution in [1.82, 2.24) is 10.2 Å². The van der Waals surface area contributed by atoms with Gasteiger partial charge in [-0.15, -0.1) is 0 Å². The molecule has 2 rings (SSSR count). The molecule has 140 valence electrons. The minimum Gasteiger partial charge on any atom is -0.493 e. The zero-order chi connectivity index (χ0) is 18.4. The van der Waals surface area contributed by atoms with E-state index < -0.39 is 6.61 Å². The van der Waals surface area contributed by atoms with Gasteiger partial charge in [0.1, 0.15) is 0 Å². The standard InChI is InChI=1S/C18H26F2N2O3/c1-12(2)22-8-4-5-13(11-22)10-21-17(23)14-6-7-15(24-3)16(9-14)25-18(19)20/h6-7,9,12-13,18H,4-5,8,10-11H2,1-3H3,(H,21,23)/t13-/m0/s1. The Morgan fingerprint density at radius 1 is 1.36 bits per heavy atom. The lowest BCUT2D eigenvalue weighted by molar-refractivity contribution is -0.0512. The third kappa shape index (κ3) is 5.56. The average Bonchev–Trinajstić information content (AvgIpc) is 2.59. The number of nitrogens with zero attached hydrogens (tertiary/aromatic N) is 1. The topological polar surface area (TPSA) is 50.8 Å². The molecule has 1 amide bonds. The highest BCUT2D eigenvalue weighted by Crippen LogP contribution is 2.29. The fourth-order valence-electron chi connectivity index (χ4n) is 3.08. The van der Waals surface area contributed by atoms with Crippen molar-refractivity contribution in [3.63, 3.8) is 0 Å². The summed E-state index contributed by atoms with van der Waals surface area (Å²) < 4.78 is 34.4. The van der Waals surface area contributed by atoms with Gasteiger partial charge < -0.3 is 19.7 Å². The minimum absolute atomic E-state index is 0.145. The second-order valence-electron chi connectivity index (χ2n) is 6.55. The van der Waals surface area contributed by atoms with Crippen LogP contribution in [-0.4, -0.2) is 50.2 Å². The number of carbonyl (C=O) groups excluding carboxylic acids is 1. The largest absolute Gasteiger partial charge is 0.493 e. The number of carbonyl (C=O) groups is 1. The first-order valence-corrected chi connectivity index (χ1v) is 8.55. The van der Waals surface area contributed by atoms with E-state index in [0.29, 0.717) is 18.5 Å². The summed E-state index contributed by atoms with van der Waals surface area (Å²) in [4.78, 5) is 14.7. The van der Waals surface area contributed by atoms with Crippen LogP contribution in [0.15, 0.2) is 18.2 Å². The molecule has 25 heavy (non-hydrogen) atoms. The molecule has 0 unspecified atom stereocenters. The Morgan fingerprint density at radius 2 is 2.12 bits per heavy atom. The number of hydrogen-bond donors (Lipinski definition) is 1. The maximum atomic E-state index is 12.5. The summed E-state index contributed by atoms with van der Waals surface area (Å²) in [5.74, 6) is 0.115. The van der Waals surface area contributed by atoms with E-state index in [1.807, 2.05) is 0 Å². The molecule has 0 aromatic heterocycles. The number of likely N-dealkylation sites (tertiary alicyclic amines) is 1. The average molecular weight is 356 g/mol. The quantitative estimate of drug-likeness (QED) is 0.815. The lowest BCUT2D eigenvalue weighted by Gasteiger charge is -2.35. The van der Waals surface area contributed by atoms with Crippen molar-refractivity contribution in [1.29, 1.82) is 0 Å². The van der Waals surface area contributed by atoms with E-state index in [1.54, 1.807) is 0 Å². The van der Waals surface area contributed by atoms with Crippen molar-refractivity contribution in [3.8, 4) is 11.5 Å². The van der Waals surface area contributed by atoms with E-state index in [-0.39, 0.29) is 23.0 Å². The highest BCUT2D eigenvalue weighted by molar-refractivity contribution is 5.94. The Hall–Kier alpha value is -1.89. The predicted molar refractivity (Wildman–Crippen MR) is 91.4 cm³/mol. The molecule has 1 aromatic carbocycles. The van der Waals surface area contributed by atoms with Crippen LogP contribution >= 0.6 is 0 Å². The Balaban J connectivity index is 1.96. The molecule has 0 saturated carbocycles. The SMILES string of the molecule is COc1ccc(C(=O)NC[C@@H]2CCCN(C(C)C)C2)cc1OC(F)F. The number of rotatable bonds is 7. The first-order chi connectivity index (χ1) is 11.9. The molecule has 1 saturated heterocycles. The third-order valence-electron chi connectivity index (χ3n) is 4.47. The summed E-state index contributed by atoms with van der Waals surface area (Å²) in [6.07, 6.45) is 2.19. The summed E-state index contributed by atoms with van der Waals surface area (Å²) in [5, 5.41) is 2.90. The number of nitrogens with one attached hydrogen (secondary N) is 1. The summed E-state index contributed by atoms with van der Waals surface area (Å²) in [6.45, 7) is 3.98. The lowest BCUT2D eigenvalue weighted by Crippen LogP contribution is -2.43. The number of benzene rings is 1. The van der Waals surface area contributed by atoms with E-state index in [0.717, 1.165) is 25.9 Å². The highest BCUT2D eigenvalue weighted by Gasteiger charge is 2.22. The maximum Gasteiger partial charge on any atom is 0.387 e. The van der Waals surface area contributed by atoms with Gasteiger partial charge in [0.2, 0.25) is 0 Å². The molecule has 1 N–H and O–H groups in total. The van der Waals surface area contributed by atoms with E-state index in [2.05, 4.69) is 28.8 Å². The molecule has 1 aliphatic heterocycles. The summed E-state index contributed by atoms with van der Waals surface area (Å²) >= 11 is 0. The van der Waals surface area contributed by atoms with E-state index in [4.69, 9.17) is 4.74 Å². The molecule has 0 aliphatic carbocycles. The number of halogens is 2. The van der Waals surface area contributed by atoms with Crippen LogP contribution in [0.5, 0.6) is 11.5 Å². The Bertz CT molecular complexity index is 581. The van der Waals surface area contributed by atoms with Gasteiger partial charge in [-0.2, -0.15) is 8.78 Å². The van der Waals surface area contributed by atoms with Crippen molar-refractivity contribution >= 4 is 5.91 Å². The van der Waals surface area contributed by atoms with E-state index in [9.17, 15) is 13.6 Å². The molecule has 0 spiro atoms. The molecule has 1 aromatic rings. The first-order valence-electron chi connectivity index (χ1n) is 8.55. The molecule has 0 radical (unpaired) electrons. The molecule has 1 aliphatic rings. The summed E-state index contributed by atoms with van der Waals surface area (Å²) in [5.41, 5.74) is 0.271. The Labute approximate surface area is 147 Å². The first kappa shape index (κ1) is 19.4. The van der Waals surface area contributed by atoms with Crippen LogP contribution in [0.1, 0.15) is 37.0 Å². The molecule has 1 atom stereocenters. The van der Waals surface area contributed by atoms with Crippen molar-refractivity contribution in [2.75, 3.05) is 26.7 Å². The number of alkyl halides is 2. The van der Waals surface area contributed by atoms with Gasteiger partial charge in [-0.3, -0.25) is 4.79 Å². The molecule has 0 bridgehead atoms. The Kier molecular flexibility index (Phi) is 6.99. The normalized spacial score (nSPS) is 18.4. The minimum atomic E-state index is -2.98. The van der Waals surface area contributed by atoms with Gasteiger partial charge in [-0.25, -0.2) is 0 Å². The van der Waals surface area contributed by atoms with Crippen molar-refractivity contribution in [2.45, 2.75) is 39.3 Å². The summed E-state index contributed by atoms with van der Waals surface area (Å²) in [7, 11) is 1.36. The van der Waals surface area contributed by atoms with Gasteiger partial charge in [0, 0.05) is 24.7 Å². The lowest BCUT2D eigenvalue weighted by atomic mass is 9.97. The monoisotopic (exact) mass is 356 g/mol. The second-order valence-corrected chi connectivity index (χ2v) is 6.55. The zero-order valence-corrected chi connectivity index (χ0v) is 14.9. The van der Waals surface area contributed by atoms with Crippen LogP contribution < -0.4 is 14.8 Å². The fraction of sp³-hybridized carbons (Fsp3) is 0.611.